The van der Waals surface area contributed by atoms with E-state index in [1.165, 1.54) is 148 Å². The second-order valence-corrected chi connectivity index (χ2v) is 16.9. The summed E-state index contributed by atoms with van der Waals surface area (Å²) < 4.78 is 22.1. The lowest BCUT2D eigenvalue weighted by Gasteiger charge is -2.24. The van der Waals surface area contributed by atoms with E-state index in [0.29, 0.717) is 12.8 Å². The molecule has 0 saturated carbocycles. The molecule has 0 bridgehead atoms. The van der Waals surface area contributed by atoms with Gasteiger partial charge in [-0.15, -0.1) is 0 Å². The van der Waals surface area contributed by atoms with Gasteiger partial charge in [0.15, 0.2) is 0 Å². The van der Waals surface area contributed by atoms with E-state index in [-0.39, 0.29) is 19.6 Å². The fourth-order valence-corrected chi connectivity index (χ4v) is 7.42. The summed E-state index contributed by atoms with van der Waals surface area (Å²) in [4.78, 5) is 22.7. The maximum absolute atomic E-state index is 12.8. The summed E-state index contributed by atoms with van der Waals surface area (Å²) in [5, 5.41) is 24.0. The standard InChI is InChI=1S/C44H87N2O7P/c1-3-5-7-9-11-13-15-16-17-18-19-20-21-22-23-24-26-28-30-32-34-36-43(48)42(40-53-54(50,51)52-38-37-45)46-44(49)39-41(47)35-33-31-29-27-25-14-12-10-8-6-4-2/h26,28,34,36,41-43,47-48H,3-25,27,29-33,35,37-40,45H2,1-2H3,(H,46,49)(H,50,51)/b28-26+,36-34+. The number of hydrogen-bond donors (Lipinski definition) is 5. The summed E-state index contributed by atoms with van der Waals surface area (Å²) >= 11 is 0. The van der Waals surface area contributed by atoms with Crippen LogP contribution in [0, 0.1) is 0 Å². The van der Waals surface area contributed by atoms with Crippen molar-refractivity contribution in [3.05, 3.63) is 24.3 Å². The smallest absolute Gasteiger partial charge is 0.393 e. The molecule has 9 nitrogen and oxygen atoms in total. The zero-order valence-corrected chi connectivity index (χ0v) is 36.0. The highest BCUT2D eigenvalue weighted by molar-refractivity contribution is 7.47. The van der Waals surface area contributed by atoms with E-state index < -0.39 is 38.6 Å². The van der Waals surface area contributed by atoms with E-state index in [1.54, 1.807) is 6.08 Å². The summed E-state index contributed by atoms with van der Waals surface area (Å²) in [6, 6.07) is -0.995. The van der Waals surface area contributed by atoms with Crippen LogP contribution in [0.1, 0.15) is 213 Å². The Kier molecular flexibility index (Phi) is 39.4. The van der Waals surface area contributed by atoms with Crippen LogP contribution in [0.3, 0.4) is 0 Å². The molecule has 0 aliphatic heterocycles. The topological polar surface area (TPSA) is 151 Å². The van der Waals surface area contributed by atoms with Crippen molar-refractivity contribution in [1.82, 2.24) is 5.32 Å². The fraction of sp³-hybridized carbons (Fsp3) is 0.886. The van der Waals surface area contributed by atoms with Gasteiger partial charge < -0.3 is 26.2 Å². The molecule has 0 aromatic carbocycles. The molecule has 0 saturated heterocycles. The lowest BCUT2D eigenvalue weighted by molar-refractivity contribution is -0.124. The second-order valence-electron chi connectivity index (χ2n) is 15.4. The van der Waals surface area contributed by atoms with E-state index >= 15 is 0 Å². The highest BCUT2D eigenvalue weighted by Gasteiger charge is 2.27. The van der Waals surface area contributed by atoms with Crippen molar-refractivity contribution in [3.63, 3.8) is 0 Å². The SMILES string of the molecule is CCCCCCCCCCCCCCCCC/C=C/CC/C=C/C(O)C(COP(=O)(O)OCCN)NC(=O)CC(O)CCCCCCCCCCCCC. The van der Waals surface area contributed by atoms with Gasteiger partial charge in [0.25, 0.3) is 0 Å². The van der Waals surface area contributed by atoms with Crippen LogP contribution < -0.4 is 11.1 Å². The highest BCUT2D eigenvalue weighted by Crippen LogP contribution is 2.43. The first-order valence-electron chi connectivity index (χ1n) is 22.5. The lowest BCUT2D eigenvalue weighted by Crippen LogP contribution is -2.46. The van der Waals surface area contributed by atoms with Crippen LogP contribution in [-0.4, -0.2) is 59.0 Å². The lowest BCUT2D eigenvalue weighted by atomic mass is 10.0. The molecule has 1 amide bonds. The molecule has 4 atom stereocenters. The van der Waals surface area contributed by atoms with Crippen LogP contribution in [0.25, 0.3) is 0 Å². The quantitative estimate of drug-likeness (QED) is 0.0233. The van der Waals surface area contributed by atoms with Gasteiger partial charge in [-0.3, -0.25) is 13.8 Å². The van der Waals surface area contributed by atoms with Crippen molar-refractivity contribution >= 4 is 13.7 Å². The first kappa shape index (κ1) is 52.9. The van der Waals surface area contributed by atoms with E-state index in [4.69, 9.17) is 14.8 Å². The van der Waals surface area contributed by atoms with Crippen LogP contribution in [0.5, 0.6) is 0 Å². The molecule has 320 valence electrons. The second kappa shape index (κ2) is 40.1. The van der Waals surface area contributed by atoms with Gasteiger partial charge in [0.05, 0.1) is 37.9 Å². The Hall–Kier alpha value is -1.06. The summed E-state index contributed by atoms with van der Waals surface area (Å²) in [5.74, 6) is -0.455. The number of nitrogens with two attached hydrogens (primary N) is 1. The number of carbonyl (C=O) groups is 1. The Bertz CT molecular complexity index is 919. The van der Waals surface area contributed by atoms with E-state index in [9.17, 15) is 24.5 Å². The summed E-state index contributed by atoms with van der Waals surface area (Å²) in [6.07, 6.45) is 42.7. The molecule has 6 N–H and O–H groups in total. The van der Waals surface area contributed by atoms with Crippen LogP contribution in [0.15, 0.2) is 24.3 Å². The highest BCUT2D eigenvalue weighted by atomic mass is 31.2. The number of allylic oxidation sites excluding steroid dienone is 3. The number of nitrogens with one attached hydrogen (secondary N) is 1. The number of amides is 1. The molecule has 0 aliphatic rings. The summed E-state index contributed by atoms with van der Waals surface area (Å²) in [5.41, 5.74) is 5.36. The van der Waals surface area contributed by atoms with Crippen molar-refractivity contribution in [2.45, 2.75) is 231 Å². The van der Waals surface area contributed by atoms with Crippen LogP contribution in [-0.2, 0) is 18.4 Å². The van der Waals surface area contributed by atoms with Crippen molar-refractivity contribution in [2.75, 3.05) is 19.8 Å². The van der Waals surface area contributed by atoms with Crippen molar-refractivity contribution in [3.8, 4) is 0 Å². The van der Waals surface area contributed by atoms with Gasteiger partial charge in [0, 0.05) is 6.54 Å². The number of aliphatic hydroxyl groups excluding tert-OH is 2. The number of phosphoric ester groups is 1. The zero-order valence-electron chi connectivity index (χ0n) is 35.1. The number of aliphatic hydroxyl groups is 2. The van der Waals surface area contributed by atoms with E-state index in [0.717, 1.165) is 32.1 Å². The Morgan fingerprint density at radius 3 is 1.54 bits per heavy atom. The summed E-state index contributed by atoms with van der Waals surface area (Å²) in [6.45, 7) is 3.95. The first-order chi connectivity index (χ1) is 26.3. The fourth-order valence-electron chi connectivity index (χ4n) is 6.66. The minimum atomic E-state index is -4.40. The minimum Gasteiger partial charge on any atom is -0.393 e. The zero-order chi connectivity index (χ0) is 39.8. The summed E-state index contributed by atoms with van der Waals surface area (Å²) in [7, 11) is -4.40. The molecule has 0 aromatic heterocycles. The van der Waals surface area contributed by atoms with Crippen molar-refractivity contribution in [2.24, 2.45) is 5.73 Å². The molecule has 10 heteroatoms. The first-order valence-corrected chi connectivity index (χ1v) is 24.0. The van der Waals surface area contributed by atoms with Crippen molar-refractivity contribution < 1.29 is 33.5 Å². The van der Waals surface area contributed by atoms with Gasteiger partial charge in [-0.2, -0.15) is 0 Å². The average Bonchev–Trinajstić information content (AvgIpc) is 3.15. The minimum absolute atomic E-state index is 0.0460. The molecule has 0 fully saturated rings. The van der Waals surface area contributed by atoms with E-state index in [2.05, 4.69) is 31.3 Å². The van der Waals surface area contributed by atoms with Crippen LogP contribution in [0.2, 0.25) is 0 Å². The maximum atomic E-state index is 12.8. The predicted octanol–water partition coefficient (Wildman–Crippen LogP) is 11.5. The van der Waals surface area contributed by atoms with E-state index in [1.807, 2.05) is 6.08 Å². The third kappa shape index (κ3) is 37.8. The third-order valence-electron chi connectivity index (χ3n) is 10.1. The van der Waals surface area contributed by atoms with Gasteiger partial charge in [0.1, 0.15) is 0 Å². The van der Waals surface area contributed by atoms with Crippen LogP contribution >= 0.6 is 7.82 Å². The van der Waals surface area contributed by atoms with Gasteiger partial charge in [0.2, 0.25) is 5.91 Å². The predicted molar refractivity (Wildman–Crippen MR) is 227 cm³/mol. The Morgan fingerprint density at radius 1 is 0.630 bits per heavy atom. The van der Waals surface area contributed by atoms with Gasteiger partial charge in [-0.25, -0.2) is 4.57 Å². The number of phosphoric acid groups is 1. The molecular weight excluding hydrogens is 699 g/mol. The Labute approximate surface area is 332 Å². The Balaban J connectivity index is 4.31. The molecule has 0 rings (SSSR count). The number of rotatable bonds is 42. The Morgan fingerprint density at radius 2 is 1.06 bits per heavy atom. The molecule has 4 unspecified atom stereocenters. The molecule has 0 heterocycles. The molecule has 0 radical (unpaired) electrons. The molecule has 0 spiro atoms. The molecule has 0 aromatic rings. The van der Waals surface area contributed by atoms with Gasteiger partial charge in [-0.05, 0) is 32.1 Å². The molecule has 0 aliphatic carbocycles. The number of hydrogen-bond acceptors (Lipinski definition) is 7. The van der Waals surface area contributed by atoms with Crippen molar-refractivity contribution in [1.29, 1.82) is 0 Å². The van der Waals surface area contributed by atoms with Gasteiger partial charge in [-0.1, -0.05) is 199 Å². The monoisotopic (exact) mass is 787 g/mol. The average molecular weight is 787 g/mol. The normalized spacial score (nSPS) is 14.9. The largest absolute Gasteiger partial charge is 0.472 e. The molecule has 54 heavy (non-hydrogen) atoms. The third-order valence-corrected chi connectivity index (χ3v) is 11.1. The van der Waals surface area contributed by atoms with Crippen LogP contribution in [0.4, 0.5) is 0 Å². The number of unbranched alkanes of at least 4 members (excludes halogenated alkanes) is 26. The number of carbonyl (C=O) groups excluding carboxylic acids is 1. The van der Waals surface area contributed by atoms with Gasteiger partial charge >= 0.3 is 7.82 Å². The maximum Gasteiger partial charge on any atom is 0.472 e. The molecular formula is C44H87N2O7P.